The summed E-state index contributed by atoms with van der Waals surface area (Å²) < 4.78 is 0. The smallest absolute Gasteiger partial charge is 0.0928 e. The maximum atomic E-state index is 5.85. The molecular formula is C13H14ClNS. The Labute approximate surface area is 105 Å². The van der Waals surface area contributed by atoms with E-state index < -0.39 is 0 Å². The number of rotatable bonds is 4. The molecule has 0 saturated carbocycles. The van der Waals surface area contributed by atoms with Crippen molar-refractivity contribution < 1.29 is 0 Å². The number of halogens is 1. The third-order valence-electron chi connectivity index (χ3n) is 2.36. The molecule has 16 heavy (non-hydrogen) atoms. The van der Waals surface area contributed by atoms with E-state index in [-0.39, 0.29) is 0 Å². The largest absolute Gasteiger partial charge is 0.246 e. The first-order valence-electron chi connectivity index (χ1n) is 5.45. The van der Waals surface area contributed by atoms with E-state index >= 15 is 0 Å². The van der Waals surface area contributed by atoms with Gasteiger partial charge >= 0.3 is 0 Å². The lowest BCUT2D eigenvalue weighted by Crippen LogP contribution is -1.89. The number of hydrogen-bond acceptors (Lipinski definition) is 2. The summed E-state index contributed by atoms with van der Waals surface area (Å²) in [5.41, 5.74) is 2.42. The monoisotopic (exact) mass is 251 g/mol. The van der Waals surface area contributed by atoms with E-state index in [4.69, 9.17) is 11.6 Å². The first kappa shape index (κ1) is 11.6. The van der Waals surface area contributed by atoms with Crippen molar-refractivity contribution in [1.82, 2.24) is 4.98 Å². The Kier molecular flexibility index (Phi) is 3.97. The van der Waals surface area contributed by atoms with Crippen molar-refractivity contribution in [2.24, 2.45) is 0 Å². The van der Waals surface area contributed by atoms with Crippen LogP contribution in [0.15, 0.2) is 29.6 Å². The van der Waals surface area contributed by atoms with E-state index in [1.54, 1.807) is 11.3 Å². The third kappa shape index (κ3) is 3.06. The van der Waals surface area contributed by atoms with Crippen molar-refractivity contribution >= 4 is 22.9 Å². The quantitative estimate of drug-likeness (QED) is 0.788. The van der Waals surface area contributed by atoms with Crippen LogP contribution in [0.5, 0.6) is 0 Å². The van der Waals surface area contributed by atoms with Crippen LogP contribution in [-0.4, -0.2) is 4.98 Å². The molecule has 0 atom stereocenters. The van der Waals surface area contributed by atoms with Crippen molar-refractivity contribution in [3.63, 3.8) is 0 Å². The van der Waals surface area contributed by atoms with Gasteiger partial charge in [-0.05, 0) is 30.5 Å². The second kappa shape index (κ2) is 5.46. The number of aryl methyl sites for hydroxylation is 1. The van der Waals surface area contributed by atoms with Gasteiger partial charge in [-0.25, -0.2) is 4.98 Å². The van der Waals surface area contributed by atoms with Crippen molar-refractivity contribution in [1.29, 1.82) is 0 Å². The van der Waals surface area contributed by atoms with Gasteiger partial charge in [0.25, 0.3) is 0 Å². The van der Waals surface area contributed by atoms with Gasteiger partial charge in [0.05, 0.1) is 10.7 Å². The molecule has 0 aliphatic heterocycles. The lowest BCUT2D eigenvalue weighted by atomic mass is 10.1. The predicted molar refractivity (Wildman–Crippen MR) is 70.4 cm³/mol. The Morgan fingerprint density at radius 2 is 2.00 bits per heavy atom. The zero-order valence-corrected chi connectivity index (χ0v) is 10.8. The van der Waals surface area contributed by atoms with Crippen LogP contribution in [0, 0.1) is 0 Å². The molecule has 0 unspecified atom stereocenters. The van der Waals surface area contributed by atoms with Crippen molar-refractivity contribution in [2.45, 2.75) is 26.2 Å². The predicted octanol–water partition coefficient (Wildman–Crippen LogP) is 4.34. The third-order valence-corrected chi connectivity index (χ3v) is 3.57. The Bertz CT molecular complexity index is 447. The minimum Gasteiger partial charge on any atom is -0.246 e. The summed E-state index contributed by atoms with van der Waals surface area (Å²) in [6.45, 7) is 2.18. The minimum atomic E-state index is 0.786. The van der Waals surface area contributed by atoms with Crippen molar-refractivity contribution in [3.05, 3.63) is 50.9 Å². The SMILES string of the molecule is CCCc1nc(Cc2ccc(Cl)cc2)cs1. The molecule has 84 valence electrons. The fourth-order valence-corrected chi connectivity index (χ4v) is 2.60. The van der Waals surface area contributed by atoms with Crippen LogP contribution >= 0.6 is 22.9 Å². The Morgan fingerprint density at radius 3 is 2.69 bits per heavy atom. The van der Waals surface area contributed by atoms with Crippen LogP contribution in [0.4, 0.5) is 0 Å². The summed E-state index contributed by atoms with van der Waals surface area (Å²) in [4.78, 5) is 4.60. The molecule has 0 spiro atoms. The zero-order valence-electron chi connectivity index (χ0n) is 9.24. The van der Waals surface area contributed by atoms with Crippen LogP contribution in [0.1, 0.15) is 29.6 Å². The second-order valence-electron chi connectivity index (χ2n) is 3.79. The van der Waals surface area contributed by atoms with E-state index in [0.29, 0.717) is 0 Å². The highest BCUT2D eigenvalue weighted by molar-refractivity contribution is 7.09. The van der Waals surface area contributed by atoms with Gasteiger partial charge in [0.15, 0.2) is 0 Å². The van der Waals surface area contributed by atoms with E-state index in [2.05, 4.69) is 29.4 Å². The highest BCUT2D eigenvalue weighted by Crippen LogP contribution is 2.16. The molecule has 0 radical (unpaired) electrons. The molecule has 0 fully saturated rings. The van der Waals surface area contributed by atoms with E-state index in [1.165, 1.54) is 10.6 Å². The molecule has 0 bridgehead atoms. The zero-order chi connectivity index (χ0) is 11.4. The molecule has 2 rings (SSSR count). The van der Waals surface area contributed by atoms with Gasteiger partial charge in [-0.15, -0.1) is 11.3 Å². The van der Waals surface area contributed by atoms with Crippen LogP contribution in [0.25, 0.3) is 0 Å². The fraction of sp³-hybridized carbons (Fsp3) is 0.308. The average molecular weight is 252 g/mol. The topological polar surface area (TPSA) is 12.9 Å². The number of benzene rings is 1. The second-order valence-corrected chi connectivity index (χ2v) is 5.16. The summed E-state index contributed by atoms with van der Waals surface area (Å²) in [7, 11) is 0. The molecule has 0 aliphatic rings. The van der Waals surface area contributed by atoms with Gasteiger partial charge in [-0.2, -0.15) is 0 Å². The van der Waals surface area contributed by atoms with Crippen LogP contribution in [0.2, 0.25) is 5.02 Å². The first-order valence-corrected chi connectivity index (χ1v) is 6.71. The van der Waals surface area contributed by atoms with Gasteiger partial charge < -0.3 is 0 Å². The summed E-state index contributed by atoms with van der Waals surface area (Å²) in [6.07, 6.45) is 3.15. The van der Waals surface area contributed by atoms with Gasteiger partial charge in [-0.3, -0.25) is 0 Å². The summed E-state index contributed by atoms with van der Waals surface area (Å²) in [6, 6.07) is 7.97. The lowest BCUT2D eigenvalue weighted by Gasteiger charge is -1.98. The van der Waals surface area contributed by atoms with Crippen LogP contribution in [0.3, 0.4) is 0 Å². The maximum Gasteiger partial charge on any atom is 0.0928 e. The molecule has 1 heterocycles. The lowest BCUT2D eigenvalue weighted by molar-refractivity contribution is 0.897. The molecule has 3 heteroatoms. The normalized spacial score (nSPS) is 10.6. The number of aromatic nitrogens is 1. The minimum absolute atomic E-state index is 0.786. The molecule has 1 nitrogen and oxygen atoms in total. The highest BCUT2D eigenvalue weighted by atomic mass is 35.5. The standard InChI is InChI=1S/C13H14ClNS/c1-2-3-13-15-12(9-16-13)8-10-4-6-11(14)7-5-10/h4-7,9H,2-3,8H2,1H3. The number of thiazole rings is 1. The van der Waals surface area contributed by atoms with Crippen LogP contribution in [-0.2, 0) is 12.8 Å². The summed E-state index contributed by atoms with van der Waals surface area (Å²) in [5, 5.41) is 4.18. The molecule has 2 aromatic rings. The molecule has 0 N–H and O–H groups in total. The van der Waals surface area contributed by atoms with Crippen molar-refractivity contribution in [3.8, 4) is 0 Å². The number of hydrogen-bond donors (Lipinski definition) is 0. The van der Waals surface area contributed by atoms with Gasteiger partial charge in [-0.1, -0.05) is 30.7 Å². The fourth-order valence-electron chi connectivity index (χ4n) is 1.57. The van der Waals surface area contributed by atoms with E-state index in [0.717, 1.165) is 30.0 Å². The highest BCUT2D eigenvalue weighted by Gasteiger charge is 2.02. The number of nitrogens with zero attached hydrogens (tertiary/aromatic N) is 1. The molecule has 0 saturated heterocycles. The summed E-state index contributed by atoms with van der Waals surface area (Å²) >= 11 is 7.61. The molecular weight excluding hydrogens is 238 g/mol. The van der Waals surface area contributed by atoms with Crippen LogP contribution < -0.4 is 0 Å². The van der Waals surface area contributed by atoms with E-state index in [1.807, 2.05) is 12.1 Å². The van der Waals surface area contributed by atoms with Crippen molar-refractivity contribution in [2.75, 3.05) is 0 Å². The Morgan fingerprint density at radius 1 is 1.25 bits per heavy atom. The van der Waals surface area contributed by atoms with Gasteiger partial charge in [0, 0.05) is 16.8 Å². The molecule has 0 amide bonds. The maximum absolute atomic E-state index is 5.85. The molecule has 1 aromatic carbocycles. The Balaban J connectivity index is 2.05. The summed E-state index contributed by atoms with van der Waals surface area (Å²) in [5.74, 6) is 0. The molecule has 0 aliphatic carbocycles. The van der Waals surface area contributed by atoms with Gasteiger partial charge in [0.2, 0.25) is 0 Å². The Hall–Kier alpha value is -0.860. The van der Waals surface area contributed by atoms with E-state index in [9.17, 15) is 0 Å². The average Bonchev–Trinajstić information content (AvgIpc) is 2.70. The first-order chi connectivity index (χ1) is 7.78. The molecule has 1 aromatic heterocycles. The van der Waals surface area contributed by atoms with Gasteiger partial charge in [0.1, 0.15) is 0 Å².